The number of methoxy groups -OCH3 is 1. The Morgan fingerprint density at radius 1 is 0.738 bits per heavy atom. The van der Waals surface area contributed by atoms with Crippen LogP contribution in [0.5, 0.6) is 5.88 Å². The van der Waals surface area contributed by atoms with Crippen molar-refractivity contribution in [1.29, 1.82) is 0 Å². The number of halogens is 2. The second-order valence-electron chi connectivity index (χ2n) is 18.1. The Labute approximate surface area is 386 Å². The lowest BCUT2D eigenvalue weighted by Gasteiger charge is -2.29. The van der Waals surface area contributed by atoms with E-state index in [0.29, 0.717) is 74.8 Å². The maximum atomic E-state index is 13.6. The number of aromatic nitrogens is 4. The Hall–Kier alpha value is -6.26. The first-order valence-electron chi connectivity index (χ1n) is 21.3. The SMILES string of the molecule is COc1nc(-c2cccc(-c3cccc(-c4cnc5nc(CN(C[C@@H]6CCC(=O)N6)C(=O)OC(C)(C)C)[nH]c(=O)c5c4)c3Cl)c2Cl)ccc1CN(C[C@@H]1CCC(=O)N1)C(=O)OC(C)(C)C. The van der Waals surface area contributed by atoms with Crippen molar-refractivity contribution in [3.63, 3.8) is 0 Å². The van der Waals surface area contributed by atoms with Gasteiger partial charge in [-0.05, 0) is 72.6 Å². The van der Waals surface area contributed by atoms with E-state index in [2.05, 4.69) is 25.6 Å². The third-order valence-electron chi connectivity index (χ3n) is 10.7. The van der Waals surface area contributed by atoms with Gasteiger partial charge in [-0.15, -0.1) is 0 Å². The van der Waals surface area contributed by atoms with Crippen LogP contribution in [0, 0.1) is 0 Å². The van der Waals surface area contributed by atoms with Crippen LogP contribution < -0.4 is 20.9 Å². The first-order chi connectivity index (χ1) is 30.7. The zero-order valence-electron chi connectivity index (χ0n) is 37.3. The van der Waals surface area contributed by atoms with Crippen molar-refractivity contribution in [2.24, 2.45) is 0 Å². The lowest BCUT2D eigenvalue weighted by Crippen LogP contribution is -2.44. The number of hydrogen-bond donors (Lipinski definition) is 3. The summed E-state index contributed by atoms with van der Waals surface area (Å²) in [4.78, 5) is 83.7. The first-order valence-corrected chi connectivity index (χ1v) is 22.1. The number of ether oxygens (including phenoxy) is 3. The number of pyridine rings is 2. The molecule has 342 valence electrons. The molecule has 65 heavy (non-hydrogen) atoms. The molecule has 7 rings (SSSR count). The smallest absolute Gasteiger partial charge is 0.410 e. The van der Waals surface area contributed by atoms with Crippen molar-refractivity contribution >= 4 is 58.2 Å². The second-order valence-corrected chi connectivity index (χ2v) is 18.9. The summed E-state index contributed by atoms with van der Waals surface area (Å²) in [5.41, 5.74) is 2.35. The summed E-state index contributed by atoms with van der Waals surface area (Å²) in [5, 5.41) is 6.74. The average Bonchev–Trinajstić information content (AvgIpc) is 3.85. The van der Waals surface area contributed by atoms with Gasteiger partial charge in [-0.1, -0.05) is 59.6 Å². The van der Waals surface area contributed by atoms with Crippen LogP contribution in [0.2, 0.25) is 10.0 Å². The number of carbonyl (C=O) groups is 4. The van der Waals surface area contributed by atoms with E-state index < -0.39 is 28.9 Å². The predicted molar refractivity (Wildman–Crippen MR) is 246 cm³/mol. The first kappa shape index (κ1) is 46.7. The number of nitrogens with one attached hydrogen (secondary N) is 3. The van der Waals surface area contributed by atoms with Crippen LogP contribution in [-0.2, 0) is 32.2 Å². The van der Waals surface area contributed by atoms with Crippen molar-refractivity contribution in [1.82, 2.24) is 40.4 Å². The molecular weight excluding hydrogens is 875 g/mol. The molecule has 0 bridgehead atoms. The summed E-state index contributed by atoms with van der Waals surface area (Å²) < 4.78 is 17.1. The van der Waals surface area contributed by atoms with E-state index in [-0.39, 0.29) is 72.8 Å². The topological polar surface area (TPSA) is 198 Å². The van der Waals surface area contributed by atoms with Gasteiger partial charge in [-0.2, -0.15) is 0 Å². The van der Waals surface area contributed by atoms with Gasteiger partial charge in [-0.25, -0.2) is 24.5 Å². The summed E-state index contributed by atoms with van der Waals surface area (Å²) in [7, 11) is 1.50. The van der Waals surface area contributed by atoms with E-state index in [9.17, 15) is 24.0 Å². The molecule has 0 saturated carbocycles. The maximum Gasteiger partial charge on any atom is 0.410 e. The Morgan fingerprint density at radius 2 is 1.28 bits per heavy atom. The number of fused-ring (bicyclic) bond motifs is 1. The van der Waals surface area contributed by atoms with Crippen LogP contribution in [0.1, 0.15) is 78.6 Å². The zero-order valence-corrected chi connectivity index (χ0v) is 38.9. The molecule has 0 spiro atoms. The number of carbonyl (C=O) groups excluding carboxylic acids is 4. The molecule has 2 saturated heterocycles. The standard InChI is InChI=1S/C47H52Cl2N8O8/c1-46(2,3)64-44(61)56(23-28-15-18-37(58)51-28)22-26-14-17-35(53-43(26)63-7)33-13-9-12-32(40(33)49)31-11-8-10-30(39(31)48)27-20-34-41(50-21-27)54-36(55-42(34)60)25-57(45(62)65-47(4,5)6)24-29-16-19-38(59)52-29/h8-14,17,20-21,28-29H,15-16,18-19,22-25H2,1-7H3,(H,51,58)(H,52,59)(H,50,54,55,60)/t28-,29-/m0/s1. The normalized spacial score (nSPS) is 16.3. The number of nitrogens with zero attached hydrogens (tertiary/aromatic N) is 5. The molecule has 0 radical (unpaired) electrons. The average molecular weight is 928 g/mol. The molecule has 18 heteroatoms. The Kier molecular flexibility index (Phi) is 13.7. The summed E-state index contributed by atoms with van der Waals surface area (Å²) in [5.74, 6) is 0.345. The van der Waals surface area contributed by atoms with E-state index in [1.54, 1.807) is 64.8 Å². The van der Waals surface area contributed by atoms with Crippen LogP contribution in [0.3, 0.4) is 0 Å². The Balaban J connectivity index is 1.14. The van der Waals surface area contributed by atoms with Gasteiger partial charge < -0.3 is 34.7 Å². The second kappa shape index (κ2) is 19.1. The molecule has 0 unspecified atom stereocenters. The quantitative estimate of drug-likeness (QED) is 0.109. The van der Waals surface area contributed by atoms with E-state index >= 15 is 0 Å². The van der Waals surface area contributed by atoms with Crippen LogP contribution >= 0.6 is 23.2 Å². The van der Waals surface area contributed by atoms with Crippen molar-refractivity contribution in [3.05, 3.63) is 92.6 Å². The molecule has 2 aliphatic heterocycles. The number of amides is 4. The molecule has 2 atom stereocenters. The third-order valence-corrected chi connectivity index (χ3v) is 11.5. The van der Waals surface area contributed by atoms with Crippen molar-refractivity contribution in [3.8, 4) is 39.4 Å². The molecule has 2 aliphatic rings. The molecule has 5 heterocycles. The number of hydrogen-bond acceptors (Lipinski definition) is 11. The molecule has 2 aromatic carbocycles. The van der Waals surface area contributed by atoms with E-state index in [1.165, 1.54) is 12.0 Å². The van der Waals surface area contributed by atoms with Crippen molar-refractivity contribution in [2.45, 2.75) is 104 Å². The summed E-state index contributed by atoms with van der Waals surface area (Å²) in [6.07, 6.45) is 2.38. The summed E-state index contributed by atoms with van der Waals surface area (Å²) in [6.45, 7) is 11.1. The highest BCUT2D eigenvalue weighted by atomic mass is 35.5. The van der Waals surface area contributed by atoms with Gasteiger partial charge in [0, 0.05) is 77.6 Å². The number of H-pyrrole nitrogens is 1. The van der Waals surface area contributed by atoms with Crippen LogP contribution in [-0.4, -0.2) is 97.2 Å². The summed E-state index contributed by atoms with van der Waals surface area (Å²) >= 11 is 14.3. The van der Waals surface area contributed by atoms with Crippen molar-refractivity contribution < 1.29 is 33.4 Å². The van der Waals surface area contributed by atoms with Gasteiger partial charge in [-0.3, -0.25) is 19.3 Å². The van der Waals surface area contributed by atoms with E-state index in [0.717, 1.165) is 0 Å². The van der Waals surface area contributed by atoms with Gasteiger partial charge in [0.2, 0.25) is 17.7 Å². The number of benzene rings is 2. The number of rotatable bonds is 12. The maximum absolute atomic E-state index is 13.6. The molecule has 3 N–H and O–H groups in total. The number of aromatic amines is 1. The van der Waals surface area contributed by atoms with Crippen LogP contribution in [0.15, 0.2) is 65.6 Å². The van der Waals surface area contributed by atoms with Crippen molar-refractivity contribution in [2.75, 3.05) is 20.2 Å². The molecule has 16 nitrogen and oxygen atoms in total. The van der Waals surface area contributed by atoms with Gasteiger partial charge in [0.05, 0.1) is 41.3 Å². The van der Waals surface area contributed by atoms with Crippen LogP contribution in [0.25, 0.3) is 44.5 Å². The molecule has 5 aromatic rings. The van der Waals surface area contributed by atoms with E-state index in [1.807, 2.05) is 42.5 Å². The fraction of sp³-hybridized carbons (Fsp3) is 0.404. The minimum Gasteiger partial charge on any atom is -0.481 e. The lowest BCUT2D eigenvalue weighted by molar-refractivity contribution is -0.120. The van der Waals surface area contributed by atoms with Gasteiger partial charge in [0.1, 0.15) is 17.0 Å². The lowest BCUT2D eigenvalue weighted by atomic mass is 9.97. The largest absolute Gasteiger partial charge is 0.481 e. The molecular formula is C47H52Cl2N8O8. The molecule has 3 aromatic heterocycles. The predicted octanol–water partition coefficient (Wildman–Crippen LogP) is 8.06. The third kappa shape index (κ3) is 11.3. The fourth-order valence-corrected chi connectivity index (χ4v) is 8.38. The highest BCUT2D eigenvalue weighted by Gasteiger charge is 2.31. The highest BCUT2D eigenvalue weighted by molar-refractivity contribution is 6.39. The molecule has 2 fully saturated rings. The van der Waals surface area contributed by atoms with E-state index in [4.69, 9.17) is 42.4 Å². The highest BCUT2D eigenvalue weighted by Crippen LogP contribution is 2.42. The molecule has 0 aliphatic carbocycles. The molecule has 4 amide bonds. The fourth-order valence-electron chi connectivity index (χ4n) is 7.71. The van der Waals surface area contributed by atoms with Gasteiger partial charge >= 0.3 is 12.2 Å². The monoisotopic (exact) mass is 926 g/mol. The summed E-state index contributed by atoms with van der Waals surface area (Å²) in [6, 6.07) is 15.8. The minimum atomic E-state index is -0.769. The van der Waals surface area contributed by atoms with Crippen LogP contribution in [0.4, 0.5) is 9.59 Å². The Morgan fingerprint density at radius 3 is 1.82 bits per heavy atom. The Bertz CT molecular complexity index is 2710. The zero-order chi connectivity index (χ0) is 46.8. The van der Waals surface area contributed by atoms with Gasteiger partial charge in [0.15, 0.2) is 5.65 Å². The van der Waals surface area contributed by atoms with Gasteiger partial charge in [0.25, 0.3) is 5.56 Å². The minimum absolute atomic E-state index is 0.0545.